The van der Waals surface area contributed by atoms with Crippen LogP contribution in [0, 0.1) is 102 Å². The summed E-state index contributed by atoms with van der Waals surface area (Å²) in [6.45, 7) is 12.5. The third-order valence-corrected chi connectivity index (χ3v) is 22.5. The molecular formula is C128H98F2N12Rh4. The molecule has 8 aromatic heterocycles. The molecule has 0 fully saturated rings. The van der Waals surface area contributed by atoms with Gasteiger partial charge in [0.05, 0.1) is 11.4 Å². The zero-order valence-corrected chi connectivity index (χ0v) is 87.2. The summed E-state index contributed by atoms with van der Waals surface area (Å²) in [7, 11) is 0. The van der Waals surface area contributed by atoms with Crippen molar-refractivity contribution >= 4 is 0 Å². The van der Waals surface area contributed by atoms with Crippen LogP contribution in [-0.4, -0.2) is 59.1 Å². The second kappa shape index (κ2) is 56.2. The Kier molecular flexibility index (Phi) is 41.9. The summed E-state index contributed by atoms with van der Waals surface area (Å²) in [5.74, 6) is -1.29. The minimum atomic E-state index is -0.649. The maximum Gasteiger partial charge on any atom is 2.00 e. The van der Waals surface area contributed by atoms with E-state index in [0.717, 1.165) is 97.0 Å². The van der Waals surface area contributed by atoms with Gasteiger partial charge in [0.2, 0.25) is 0 Å². The number of benzene rings is 15. The maximum absolute atomic E-state index is 13.2. The molecule has 0 saturated heterocycles. The molecule has 0 spiro atoms. The van der Waals surface area contributed by atoms with Gasteiger partial charge in [-0.25, -0.2) is 0 Å². The largest absolute Gasteiger partial charge is 2.00 e. The van der Waals surface area contributed by atoms with Gasteiger partial charge in [0, 0.05) is 72.6 Å². The number of rotatable bonds is 15. The molecule has 4 radical (unpaired) electrons. The molecule has 146 heavy (non-hydrogen) atoms. The van der Waals surface area contributed by atoms with E-state index in [-0.39, 0.29) is 83.5 Å². The van der Waals surface area contributed by atoms with Gasteiger partial charge in [-0.05, 0) is 202 Å². The topological polar surface area (TPSA) is 123 Å². The first-order valence-electron chi connectivity index (χ1n) is 46.3. The second-order valence-corrected chi connectivity index (χ2v) is 32.8. The molecule has 0 unspecified atom stereocenters. The molecule has 720 valence electrons. The molecule has 0 N–H and O–H groups in total. The summed E-state index contributed by atoms with van der Waals surface area (Å²) in [4.78, 5) is 16.6. The molecule has 0 aliphatic carbocycles. The van der Waals surface area contributed by atoms with Crippen molar-refractivity contribution in [2.45, 2.75) is 41.5 Å². The third-order valence-electron chi connectivity index (χ3n) is 22.5. The molecule has 0 amide bonds. The van der Waals surface area contributed by atoms with Crippen molar-refractivity contribution in [1.82, 2.24) is 59.1 Å². The SMILES string of the molecule is Cc1cc(-c2ccccc2)cc(C)c1-c1cc[c-]c(-n2cccn2)c1.Cc1cc(C)n(-c2[c-]ccc(-c3ccc(-c4ccccc4)cc3)c2)n1.Cc1cc(C)n(-c2[c-]ccc(-c3ccccc3)c2)n1.Fc1c[c-]c(-c2ccccn2)c(F)c1.[Rh+2].[Rh+2].[Rh+2].[Rh+2].[c-]1ccc(-c2ccc(-c3ccccc3)cc2)cc1-n1cccn1.[c-]1ccccc1-c1ccccn1.[c-]1ccccc1-c1ccccn1.[c-]1ccccc1-c1ccccn1. The number of aromatic nitrogens is 12. The van der Waals surface area contributed by atoms with Crippen molar-refractivity contribution in [1.29, 1.82) is 0 Å². The minimum Gasteiger partial charge on any atom is -0.305 e. The van der Waals surface area contributed by atoms with E-state index < -0.39 is 11.6 Å². The zero-order chi connectivity index (χ0) is 97.8. The quantitative estimate of drug-likeness (QED) is 0.0734. The van der Waals surface area contributed by atoms with Crippen LogP contribution in [0.2, 0.25) is 0 Å². The van der Waals surface area contributed by atoms with E-state index in [9.17, 15) is 8.78 Å². The summed E-state index contributed by atoms with van der Waals surface area (Å²) in [6.07, 6.45) is 14.3. The molecule has 0 aliphatic heterocycles. The number of hydrogen-bond acceptors (Lipinski definition) is 8. The average Bonchev–Trinajstić information content (AvgIpc) is 1.36. The number of hydrogen-bond donors (Lipinski definition) is 0. The Morgan fingerprint density at radius 2 is 0.534 bits per heavy atom. The van der Waals surface area contributed by atoms with Crippen molar-refractivity contribution in [3.05, 3.63) is 580 Å². The summed E-state index contributed by atoms with van der Waals surface area (Å²) < 4.78 is 33.3. The fourth-order valence-corrected chi connectivity index (χ4v) is 15.8. The Balaban J connectivity index is 0.000000150. The molecule has 0 bridgehead atoms. The van der Waals surface area contributed by atoms with Gasteiger partial charge in [-0.3, -0.25) is 27.5 Å². The first-order chi connectivity index (χ1) is 69.7. The molecular weight excluding hydrogens is 2160 g/mol. The zero-order valence-electron chi connectivity index (χ0n) is 80.6. The van der Waals surface area contributed by atoms with Crippen molar-refractivity contribution in [2.75, 3.05) is 0 Å². The van der Waals surface area contributed by atoms with Crippen LogP contribution >= 0.6 is 0 Å². The molecule has 8 heterocycles. The normalized spacial score (nSPS) is 10.1. The van der Waals surface area contributed by atoms with Crippen LogP contribution in [0.1, 0.15) is 33.9 Å². The van der Waals surface area contributed by atoms with Crippen molar-refractivity contribution in [3.63, 3.8) is 0 Å². The van der Waals surface area contributed by atoms with Crippen LogP contribution < -0.4 is 0 Å². The summed E-state index contributed by atoms with van der Waals surface area (Å²) in [5, 5.41) is 17.6. The summed E-state index contributed by atoms with van der Waals surface area (Å²) in [5.41, 5.74) is 34.3. The predicted octanol–water partition coefficient (Wildman–Crippen LogP) is 30.7. The maximum atomic E-state index is 13.2. The van der Waals surface area contributed by atoms with E-state index in [1.54, 1.807) is 55.4 Å². The molecule has 23 aromatic rings. The molecule has 0 atom stereocenters. The Bertz CT molecular complexity index is 7480. The second-order valence-electron chi connectivity index (χ2n) is 32.8. The predicted molar refractivity (Wildman–Crippen MR) is 570 cm³/mol. The van der Waals surface area contributed by atoms with Gasteiger partial charge in [-0.15, -0.1) is 166 Å². The number of aryl methyl sites for hydroxylation is 6. The van der Waals surface area contributed by atoms with Gasteiger partial charge in [-0.2, -0.15) is 93.2 Å². The number of nitrogens with zero attached hydrogens (tertiary/aromatic N) is 12. The molecule has 18 heteroatoms. The molecule has 12 nitrogen and oxygen atoms in total. The smallest absolute Gasteiger partial charge is 0.305 e. The average molecular weight is 2250 g/mol. The summed E-state index contributed by atoms with van der Waals surface area (Å²) in [6, 6.07) is 169. The fraction of sp³-hybridized carbons (Fsp3) is 0.0469. The number of pyridine rings is 4. The Morgan fingerprint density at radius 1 is 0.233 bits per heavy atom. The molecule has 15 aromatic carbocycles. The van der Waals surface area contributed by atoms with Crippen molar-refractivity contribution in [2.24, 2.45) is 0 Å². The van der Waals surface area contributed by atoms with Gasteiger partial charge in [0.15, 0.2) is 0 Å². The van der Waals surface area contributed by atoms with E-state index in [2.05, 4.69) is 341 Å². The van der Waals surface area contributed by atoms with E-state index in [4.69, 9.17) is 0 Å². The Morgan fingerprint density at radius 3 is 0.849 bits per heavy atom. The van der Waals surface area contributed by atoms with E-state index in [1.807, 2.05) is 227 Å². The number of halogens is 2. The van der Waals surface area contributed by atoms with Crippen LogP contribution in [0.15, 0.2) is 486 Å². The Labute approximate surface area is 905 Å². The van der Waals surface area contributed by atoms with Crippen LogP contribution in [-0.2, 0) is 77.9 Å². The molecule has 0 aliphatic rings. The fourth-order valence-electron chi connectivity index (χ4n) is 15.8. The first kappa shape index (κ1) is 109. The van der Waals surface area contributed by atoms with E-state index in [1.165, 1.54) is 83.5 Å². The van der Waals surface area contributed by atoms with Crippen LogP contribution in [0.5, 0.6) is 0 Å². The van der Waals surface area contributed by atoms with Gasteiger partial charge in [0.1, 0.15) is 0 Å². The van der Waals surface area contributed by atoms with E-state index >= 15 is 0 Å². The van der Waals surface area contributed by atoms with Crippen molar-refractivity contribution in [3.8, 4) is 146 Å². The molecule has 0 saturated carbocycles. The van der Waals surface area contributed by atoms with Gasteiger partial charge < -0.3 is 19.9 Å². The Hall–Kier alpha value is -15.9. The van der Waals surface area contributed by atoms with Gasteiger partial charge in [-0.1, -0.05) is 242 Å². The van der Waals surface area contributed by atoms with Crippen molar-refractivity contribution < 1.29 is 86.7 Å². The van der Waals surface area contributed by atoms with Gasteiger partial charge >= 0.3 is 77.9 Å². The van der Waals surface area contributed by atoms with Crippen LogP contribution in [0.25, 0.3) is 146 Å². The monoisotopic (exact) mass is 2250 g/mol. The van der Waals surface area contributed by atoms with Gasteiger partial charge in [0.25, 0.3) is 0 Å². The first-order valence-corrected chi connectivity index (χ1v) is 46.3. The van der Waals surface area contributed by atoms with Crippen LogP contribution in [0.4, 0.5) is 8.78 Å². The third kappa shape index (κ3) is 30.8. The minimum absolute atomic E-state index is 0. The standard InChI is InChI=1S/2C23H19N2.C21H15N2.C17H15N2.C11H6F2N.3C11H8N.4Rh/c1-17-14-21(19-8-4-3-5-9-19)15-18(2)23(17)20-10-6-11-22(16-20)25-13-7-12-24-25;1-17-15-18(2)25(24-17)23-10-6-9-22(16-23)21-13-11-20(12-14-21)19-7-4-3-5-8-19;1-2-6-17(7-3-1)18-10-12-19(13-11-18)20-8-4-9-21(16-20)23-15-5-14-22-23;1-13-11-14(2)19(18-13)17-10-6-9-16(12-17)15-7-4-3-5-8-15;12-8-4-5-9(10(13)7-8)11-3-1-2-6-14-11;3*1-2-6-10(7-3-1)11-8-4-5-9-12-11;;;;/h3-10,12-16H,1-2H3;3-9,11-16H,1-2H3;1-8,10-16H;3-9,11-12H,1-2H3;1-4,6-7H;3*1-6,8-9H;;;;/q8*-1;4*+2. The van der Waals surface area contributed by atoms with E-state index in [0.29, 0.717) is 5.69 Å². The molecule has 23 rings (SSSR count). The van der Waals surface area contributed by atoms with Crippen LogP contribution in [0.3, 0.4) is 0 Å². The summed E-state index contributed by atoms with van der Waals surface area (Å²) >= 11 is 0.